The second-order valence-electron chi connectivity index (χ2n) is 18.5. The number of ether oxygens (including phenoxy) is 4. The number of carbonyl (C=O) groups excluding carboxylic acids is 6. The zero-order chi connectivity index (χ0) is 44.6. The van der Waals surface area contributed by atoms with Crippen LogP contribution in [0.1, 0.15) is 86.5 Å². The molecule has 2 aromatic carbocycles. The Hall–Kier alpha value is -5.42. The van der Waals surface area contributed by atoms with E-state index >= 15 is 0 Å². The number of para-hydroxylation sites is 2. The average Bonchev–Trinajstić information content (AvgIpc) is 3.99. The Morgan fingerprint density at radius 1 is 0.645 bits per heavy atom. The van der Waals surface area contributed by atoms with E-state index in [4.69, 9.17) is 18.9 Å². The summed E-state index contributed by atoms with van der Waals surface area (Å²) in [6.45, 7) is 12.1. The van der Waals surface area contributed by atoms with E-state index in [0.717, 1.165) is 0 Å². The number of rotatable bonds is 14. The number of esters is 1. The first kappa shape index (κ1) is 46.1. The first-order valence-corrected chi connectivity index (χ1v) is 21.8. The van der Waals surface area contributed by atoms with Crippen LogP contribution in [0.2, 0.25) is 0 Å². The molecule has 338 valence electrons. The molecule has 4 heterocycles. The first-order chi connectivity index (χ1) is 29.4. The lowest BCUT2D eigenvalue weighted by Gasteiger charge is -2.32. The van der Waals surface area contributed by atoms with E-state index in [1.54, 1.807) is 99.9 Å². The summed E-state index contributed by atoms with van der Waals surface area (Å²) in [5.74, 6) is -1.82. The number of nitrogens with zero attached hydrogens (tertiary/aromatic N) is 2. The fourth-order valence-electron chi connectivity index (χ4n) is 8.90. The zero-order valence-electron chi connectivity index (χ0n) is 36.6. The van der Waals surface area contributed by atoms with Crippen LogP contribution in [0.15, 0.2) is 60.7 Å². The minimum absolute atomic E-state index is 0.0788. The first-order valence-electron chi connectivity index (χ1n) is 21.8. The number of likely N-dealkylation sites (tertiary alicyclic amines) is 2. The Balaban J connectivity index is 1.12. The highest BCUT2D eigenvalue weighted by Gasteiger charge is 2.50. The maximum absolute atomic E-state index is 14.5. The van der Waals surface area contributed by atoms with Crippen molar-refractivity contribution in [3.05, 3.63) is 60.7 Å². The summed E-state index contributed by atoms with van der Waals surface area (Å²) < 4.78 is 22.9. The molecule has 4 saturated heterocycles. The van der Waals surface area contributed by atoms with Crippen LogP contribution in [0.25, 0.3) is 0 Å². The van der Waals surface area contributed by atoms with E-state index in [9.17, 15) is 28.8 Å². The van der Waals surface area contributed by atoms with Gasteiger partial charge in [0.1, 0.15) is 29.5 Å². The normalized spacial score (nSPS) is 24.0. The number of benzene rings is 2. The number of hydrogen-bond acceptors (Lipinski definition) is 12. The molecule has 0 aromatic heterocycles. The summed E-state index contributed by atoms with van der Waals surface area (Å²) in [7, 11) is 0. The topological polar surface area (TPSA) is 206 Å². The van der Waals surface area contributed by atoms with Crippen LogP contribution in [-0.2, 0) is 33.3 Å². The molecule has 0 radical (unpaired) electrons. The van der Waals surface area contributed by atoms with Crippen molar-refractivity contribution in [1.82, 2.24) is 25.8 Å². The van der Waals surface area contributed by atoms with Crippen LogP contribution in [-0.4, -0.2) is 126 Å². The lowest BCUT2D eigenvalue weighted by Crippen LogP contribution is -2.54. The fourth-order valence-corrected chi connectivity index (χ4v) is 8.90. The van der Waals surface area contributed by atoms with Gasteiger partial charge >= 0.3 is 24.2 Å². The van der Waals surface area contributed by atoms with Gasteiger partial charge in [0.2, 0.25) is 11.8 Å². The number of unbranched alkanes of at least 4 members (excludes halogenated alkanes) is 1. The zero-order valence-corrected chi connectivity index (χ0v) is 36.6. The van der Waals surface area contributed by atoms with Gasteiger partial charge in [-0.1, -0.05) is 49.2 Å². The third kappa shape index (κ3) is 12.6. The molecule has 17 heteroatoms. The molecule has 0 aliphatic carbocycles. The van der Waals surface area contributed by atoms with E-state index in [2.05, 4.69) is 26.6 Å². The van der Waals surface area contributed by atoms with E-state index in [0.29, 0.717) is 69.7 Å². The van der Waals surface area contributed by atoms with Gasteiger partial charge < -0.3 is 44.7 Å². The quantitative estimate of drug-likeness (QED) is 0.0949. The van der Waals surface area contributed by atoms with E-state index in [1.165, 1.54) is 0 Å². The maximum Gasteiger partial charge on any atom is 0.412 e. The van der Waals surface area contributed by atoms with Crippen LogP contribution < -0.4 is 26.6 Å². The largest absolute Gasteiger partial charge is 0.460 e. The Bertz CT molecular complexity index is 1750. The molecule has 8 atom stereocenters. The summed E-state index contributed by atoms with van der Waals surface area (Å²) in [6.07, 6.45) is -0.697. The number of fused-ring (bicyclic) bond motifs is 2. The van der Waals surface area contributed by atoms with Gasteiger partial charge in [-0.05, 0) is 91.5 Å². The SMILES string of the molecule is CC(C)(C)OC(=O)C[C@@H](CCCC[C@H](NC(=O)OC(C)(C)C)C(=O)N1CC[C@H]2NC[C@H](OC(=O)Nc3ccccc3)[C@H]21)C(=O)N1CC[C@H]2NC[C@H](OC(=O)Nc3ccccc3)[C@H]21. The molecule has 4 fully saturated rings. The van der Waals surface area contributed by atoms with Gasteiger partial charge in [0.05, 0.1) is 18.5 Å². The van der Waals surface area contributed by atoms with Crippen molar-refractivity contribution >= 4 is 47.4 Å². The minimum atomic E-state index is -0.980. The van der Waals surface area contributed by atoms with Crippen molar-refractivity contribution < 1.29 is 47.7 Å². The number of anilines is 2. The van der Waals surface area contributed by atoms with E-state index in [1.807, 2.05) is 12.1 Å². The van der Waals surface area contributed by atoms with Crippen LogP contribution in [0.5, 0.6) is 0 Å². The molecule has 0 spiro atoms. The summed E-state index contributed by atoms with van der Waals surface area (Å²) in [6, 6.07) is 15.9. The summed E-state index contributed by atoms with van der Waals surface area (Å²) in [4.78, 5) is 84.5. The molecular weight excluding hydrogens is 799 g/mol. The molecule has 0 unspecified atom stereocenters. The molecule has 6 rings (SSSR count). The van der Waals surface area contributed by atoms with Crippen LogP contribution in [0, 0.1) is 5.92 Å². The summed E-state index contributed by atoms with van der Waals surface area (Å²) in [5.41, 5.74) is -0.406. The van der Waals surface area contributed by atoms with E-state index < -0.39 is 71.7 Å². The van der Waals surface area contributed by atoms with Gasteiger partial charge in [0, 0.05) is 55.6 Å². The van der Waals surface area contributed by atoms with Crippen LogP contribution in [0.3, 0.4) is 0 Å². The lowest BCUT2D eigenvalue weighted by molar-refractivity contribution is -0.159. The molecule has 4 aliphatic heterocycles. The second kappa shape index (κ2) is 20.2. The fraction of sp³-hybridized carbons (Fsp3) is 0.600. The monoisotopic (exact) mass is 861 g/mol. The maximum atomic E-state index is 14.5. The molecule has 5 amide bonds. The lowest BCUT2D eigenvalue weighted by atomic mass is 9.94. The number of amides is 5. The molecule has 2 aromatic rings. The smallest absolute Gasteiger partial charge is 0.412 e. The highest BCUT2D eigenvalue weighted by atomic mass is 16.6. The van der Waals surface area contributed by atoms with Gasteiger partial charge in [0.15, 0.2) is 0 Å². The molecule has 17 nitrogen and oxygen atoms in total. The molecular formula is C45H63N7O10. The standard InChI is InChI=1S/C45H63N7O10/c1-44(2,3)61-36(53)25-28(39(54)51-23-21-31-37(51)34(26-46-31)59-41(56)48-29-16-9-7-10-17-29)15-13-14-20-33(50-43(58)62-45(4,5)6)40(55)52-24-22-32-38(52)35(27-47-32)60-42(57)49-30-18-11-8-12-19-30/h7-12,16-19,28,31-35,37-38,46-47H,13-15,20-27H2,1-6H3,(H,48,56)(H,49,57)(H,50,58)/t28-,31-,32-,33+,34+,35+,37+,38+/m1/s1. The van der Waals surface area contributed by atoms with Crippen molar-refractivity contribution in [2.24, 2.45) is 5.92 Å². The highest BCUT2D eigenvalue weighted by Crippen LogP contribution is 2.32. The second-order valence-corrected chi connectivity index (χ2v) is 18.5. The van der Waals surface area contributed by atoms with Crippen molar-refractivity contribution in [3.63, 3.8) is 0 Å². The predicted octanol–water partition coefficient (Wildman–Crippen LogP) is 5.17. The third-order valence-corrected chi connectivity index (χ3v) is 11.4. The summed E-state index contributed by atoms with van der Waals surface area (Å²) in [5, 5.41) is 15.1. The number of carbonyl (C=O) groups is 6. The van der Waals surface area contributed by atoms with Crippen LogP contribution in [0.4, 0.5) is 25.8 Å². The van der Waals surface area contributed by atoms with Gasteiger partial charge in [-0.25, -0.2) is 14.4 Å². The predicted molar refractivity (Wildman–Crippen MR) is 230 cm³/mol. The molecule has 4 aliphatic rings. The van der Waals surface area contributed by atoms with Gasteiger partial charge in [-0.15, -0.1) is 0 Å². The van der Waals surface area contributed by atoms with E-state index in [-0.39, 0.29) is 36.7 Å². The van der Waals surface area contributed by atoms with Gasteiger partial charge in [-0.3, -0.25) is 25.0 Å². The Kier molecular flexibility index (Phi) is 15.0. The molecule has 62 heavy (non-hydrogen) atoms. The minimum Gasteiger partial charge on any atom is -0.460 e. The number of hydrogen-bond donors (Lipinski definition) is 5. The molecule has 0 saturated carbocycles. The van der Waals surface area contributed by atoms with Gasteiger partial charge in [0.25, 0.3) is 0 Å². The van der Waals surface area contributed by atoms with Crippen molar-refractivity contribution in [3.8, 4) is 0 Å². The molecule has 0 bridgehead atoms. The van der Waals surface area contributed by atoms with Crippen LogP contribution >= 0.6 is 0 Å². The third-order valence-electron chi connectivity index (χ3n) is 11.4. The Labute approximate surface area is 363 Å². The Morgan fingerprint density at radius 3 is 1.60 bits per heavy atom. The average molecular weight is 862 g/mol. The highest BCUT2D eigenvalue weighted by molar-refractivity contribution is 5.88. The van der Waals surface area contributed by atoms with Crippen molar-refractivity contribution in [2.75, 3.05) is 36.8 Å². The van der Waals surface area contributed by atoms with Crippen molar-refractivity contribution in [2.45, 2.75) is 140 Å². The Morgan fingerprint density at radius 2 is 1.11 bits per heavy atom. The number of nitrogens with one attached hydrogen (secondary N) is 5. The molecule has 5 N–H and O–H groups in total. The summed E-state index contributed by atoms with van der Waals surface area (Å²) >= 11 is 0. The van der Waals surface area contributed by atoms with Crippen molar-refractivity contribution in [1.29, 1.82) is 0 Å². The van der Waals surface area contributed by atoms with Gasteiger partial charge in [-0.2, -0.15) is 0 Å². The number of alkyl carbamates (subject to hydrolysis) is 1.